The molecule has 0 aliphatic carbocycles. The Morgan fingerprint density at radius 2 is 1.50 bits per heavy atom. The second-order valence-electron chi connectivity index (χ2n) is 4.21. The third-order valence-corrected chi connectivity index (χ3v) is 3.56. The van der Waals surface area contributed by atoms with Gasteiger partial charge < -0.3 is 26.4 Å². The zero-order valence-electron chi connectivity index (χ0n) is 14.5. The third kappa shape index (κ3) is 8.27. The number of hydrogen-bond donors (Lipinski definition) is 3. The lowest BCUT2D eigenvalue weighted by molar-refractivity contribution is -0.0987. The van der Waals surface area contributed by atoms with Crippen LogP contribution in [0.25, 0.3) is 0 Å². The van der Waals surface area contributed by atoms with Crippen LogP contribution in [0.2, 0.25) is 0 Å². The molecule has 1 aromatic heterocycles. The van der Waals surface area contributed by atoms with E-state index in [1.807, 2.05) is 20.5 Å². The molecule has 2 aromatic rings. The molecule has 0 fully saturated rings. The van der Waals surface area contributed by atoms with Gasteiger partial charge in [0.15, 0.2) is 0 Å². The average molecular weight is 425 g/mol. The highest BCUT2D eigenvalue weighted by atomic mass is 79.9. The van der Waals surface area contributed by atoms with Crippen molar-refractivity contribution in [2.24, 2.45) is 11.5 Å². The second-order valence-corrected chi connectivity index (χ2v) is 5.07. The largest absolute Gasteiger partial charge is 0.366 e. The van der Waals surface area contributed by atoms with Crippen LogP contribution in [-0.4, -0.2) is 37.4 Å². The number of nitrogens with one attached hydrogen (secondary N) is 1. The van der Waals surface area contributed by atoms with Gasteiger partial charge in [0, 0.05) is 21.8 Å². The summed E-state index contributed by atoms with van der Waals surface area (Å²) in [6.07, 6.45) is 1.66. The molecule has 0 atom stereocenters. The highest BCUT2D eigenvalue weighted by molar-refractivity contribution is 9.10. The molecule has 1 heterocycles. The van der Waals surface area contributed by atoms with Crippen LogP contribution in [0.5, 0.6) is 0 Å². The Bertz CT molecular complexity index is 706. The molecule has 26 heavy (non-hydrogen) atoms. The highest BCUT2D eigenvalue weighted by Gasteiger charge is 2.08. The van der Waals surface area contributed by atoms with Crippen LogP contribution in [0.1, 0.15) is 26.3 Å². The molecule has 5 N–H and O–H groups in total. The zero-order chi connectivity index (χ0) is 20.7. The Morgan fingerprint density at radius 1 is 1.04 bits per heavy atom. The molecule has 2 amide bonds. The number of rotatable bonds is 3. The Kier molecular flexibility index (Phi) is 14.1. The first-order valence-electron chi connectivity index (χ1n) is 6.96. The van der Waals surface area contributed by atoms with Crippen LogP contribution in [-0.2, 0) is 9.59 Å². The van der Waals surface area contributed by atoms with E-state index >= 15 is 0 Å². The SMILES string of the molecule is C=O.C=O.CN.Cc1cnc(NC(=O)c2ccc(C(N)=O)cc2)cc1Br. The van der Waals surface area contributed by atoms with E-state index in [-0.39, 0.29) is 5.91 Å². The predicted octanol–water partition coefficient (Wildman–Crippen LogP) is 1.71. The number of nitrogens with two attached hydrogens (primary N) is 2. The topological polar surface area (TPSA) is 145 Å². The van der Waals surface area contributed by atoms with Gasteiger partial charge in [-0.2, -0.15) is 0 Å². The van der Waals surface area contributed by atoms with Crippen molar-refractivity contribution in [2.45, 2.75) is 6.92 Å². The maximum Gasteiger partial charge on any atom is 0.256 e. The Balaban J connectivity index is 0. The molecule has 0 radical (unpaired) electrons. The molecule has 0 saturated heterocycles. The number of amides is 2. The monoisotopic (exact) mass is 424 g/mol. The number of halogens is 1. The molecule has 1 aromatic carbocycles. The Hall–Kier alpha value is -2.91. The molecular weight excluding hydrogens is 404 g/mol. The summed E-state index contributed by atoms with van der Waals surface area (Å²) in [6, 6.07) is 7.83. The number of carbonyl (C=O) groups excluding carboxylic acids is 4. The van der Waals surface area contributed by atoms with Crippen LogP contribution in [0.4, 0.5) is 5.82 Å². The standard InChI is InChI=1S/C14H12BrN3O2.CH5N.2CH2O/c1-8-7-17-12(6-11(8)15)18-14(20)10-4-2-9(3-5-10)13(16)19;3*1-2/h2-7H,1H3,(H2,16,19)(H,17,18,20);2H2,1H3;2*1H2. The van der Waals surface area contributed by atoms with E-state index in [2.05, 4.69) is 32.0 Å². The Morgan fingerprint density at radius 3 is 1.92 bits per heavy atom. The van der Waals surface area contributed by atoms with Gasteiger partial charge in [-0.05, 0) is 49.9 Å². The van der Waals surface area contributed by atoms with E-state index in [4.69, 9.17) is 15.3 Å². The summed E-state index contributed by atoms with van der Waals surface area (Å²) < 4.78 is 0.867. The van der Waals surface area contributed by atoms with Crippen molar-refractivity contribution in [1.82, 2.24) is 4.98 Å². The lowest BCUT2D eigenvalue weighted by atomic mass is 10.1. The summed E-state index contributed by atoms with van der Waals surface area (Å²) in [5, 5.41) is 2.68. The summed E-state index contributed by atoms with van der Waals surface area (Å²) in [5.41, 5.74) is 11.4. The third-order valence-electron chi connectivity index (χ3n) is 2.71. The molecule has 0 saturated carbocycles. The molecule has 0 unspecified atom stereocenters. The second kappa shape index (κ2) is 14.4. The number of anilines is 1. The lowest BCUT2D eigenvalue weighted by Crippen LogP contribution is -2.14. The fourth-order valence-corrected chi connectivity index (χ4v) is 1.86. The maximum atomic E-state index is 12.0. The van der Waals surface area contributed by atoms with Crippen LogP contribution in [0.15, 0.2) is 41.0 Å². The smallest absolute Gasteiger partial charge is 0.256 e. The molecule has 8 nitrogen and oxygen atoms in total. The molecule has 140 valence electrons. The fourth-order valence-electron chi connectivity index (χ4n) is 1.54. The number of aromatic nitrogens is 1. The minimum absolute atomic E-state index is 0.302. The van der Waals surface area contributed by atoms with Gasteiger partial charge in [0.05, 0.1) is 0 Å². The maximum absolute atomic E-state index is 12.0. The first-order chi connectivity index (χ1) is 12.5. The van der Waals surface area contributed by atoms with E-state index in [9.17, 15) is 9.59 Å². The van der Waals surface area contributed by atoms with Gasteiger partial charge in [-0.1, -0.05) is 15.9 Å². The summed E-state index contributed by atoms with van der Waals surface area (Å²) in [5.74, 6) is -0.378. The van der Waals surface area contributed by atoms with Gasteiger partial charge in [-0.15, -0.1) is 0 Å². The zero-order valence-corrected chi connectivity index (χ0v) is 16.1. The molecule has 0 aliphatic rings. The van der Waals surface area contributed by atoms with Gasteiger partial charge in [0.1, 0.15) is 19.4 Å². The predicted molar refractivity (Wildman–Crippen MR) is 104 cm³/mol. The minimum atomic E-state index is -0.527. The summed E-state index contributed by atoms with van der Waals surface area (Å²) in [6.45, 7) is 5.91. The van der Waals surface area contributed by atoms with Crippen LogP contribution < -0.4 is 16.8 Å². The average Bonchev–Trinajstić information content (AvgIpc) is 2.69. The van der Waals surface area contributed by atoms with E-state index < -0.39 is 5.91 Å². The van der Waals surface area contributed by atoms with Gasteiger partial charge in [-0.25, -0.2) is 4.98 Å². The van der Waals surface area contributed by atoms with E-state index in [1.54, 1.807) is 24.4 Å². The van der Waals surface area contributed by atoms with Crippen molar-refractivity contribution in [3.63, 3.8) is 0 Å². The molecule has 0 aliphatic heterocycles. The highest BCUT2D eigenvalue weighted by Crippen LogP contribution is 2.18. The van der Waals surface area contributed by atoms with Crippen molar-refractivity contribution < 1.29 is 19.2 Å². The minimum Gasteiger partial charge on any atom is -0.366 e. The first kappa shape index (κ1) is 25.3. The number of pyridine rings is 1. The van der Waals surface area contributed by atoms with E-state index in [0.29, 0.717) is 16.9 Å². The van der Waals surface area contributed by atoms with Crippen LogP contribution >= 0.6 is 15.9 Å². The molecule has 0 bridgehead atoms. The van der Waals surface area contributed by atoms with Gasteiger partial charge in [0.2, 0.25) is 5.91 Å². The summed E-state index contributed by atoms with van der Waals surface area (Å²) in [4.78, 5) is 43.1. The van der Waals surface area contributed by atoms with E-state index in [0.717, 1.165) is 10.0 Å². The van der Waals surface area contributed by atoms with Gasteiger partial charge >= 0.3 is 0 Å². The quantitative estimate of drug-likeness (QED) is 0.683. The number of benzene rings is 1. The normalized spacial score (nSPS) is 8.31. The molecule has 2 rings (SSSR count). The van der Waals surface area contributed by atoms with Crippen molar-refractivity contribution >= 4 is 47.1 Å². The number of primary amides is 1. The number of aryl methyl sites for hydroxylation is 1. The molecular formula is C17H21BrN4O4. The van der Waals surface area contributed by atoms with Gasteiger partial charge in [0.25, 0.3) is 5.91 Å². The lowest BCUT2D eigenvalue weighted by Gasteiger charge is -2.06. The van der Waals surface area contributed by atoms with Crippen molar-refractivity contribution in [3.05, 3.63) is 57.7 Å². The van der Waals surface area contributed by atoms with Gasteiger partial charge in [-0.3, -0.25) is 9.59 Å². The van der Waals surface area contributed by atoms with Crippen LogP contribution in [0, 0.1) is 6.92 Å². The van der Waals surface area contributed by atoms with Crippen molar-refractivity contribution in [1.29, 1.82) is 0 Å². The summed E-state index contributed by atoms with van der Waals surface area (Å²) >= 11 is 3.38. The number of carbonyl (C=O) groups is 4. The molecule has 9 heteroatoms. The fraction of sp³-hybridized carbons (Fsp3) is 0.118. The van der Waals surface area contributed by atoms with Crippen molar-refractivity contribution in [2.75, 3.05) is 12.4 Å². The Labute approximate surface area is 160 Å². The first-order valence-corrected chi connectivity index (χ1v) is 7.75. The van der Waals surface area contributed by atoms with E-state index in [1.165, 1.54) is 19.2 Å². The number of nitrogens with zero attached hydrogens (tertiary/aromatic N) is 1. The van der Waals surface area contributed by atoms with Crippen molar-refractivity contribution in [3.8, 4) is 0 Å². The summed E-state index contributed by atoms with van der Waals surface area (Å²) in [7, 11) is 1.50. The number of hydrogen-bond acceptors (Lipinski definition) is 6. The van der Waals surface area contributed by atoms with Crippen LogP contribution in [0.3, 0.4) is 0 Å². The molecule has 0 spiro atoms.